The first-order valence-electron chi connectivity index (χ1n) is 31.6. The molecule has 0 heterocycles. The van der Waals surface area contributed by atoms with Gasteiger partial charge in [-0.3, -0.25) is 9.59 Å². The molecule has 0 aromatic carbocycles. The first-order valence-corrected chi connectivity index (χ1v) is 31.6. The maximum Gasteiger partial charge on any atom is 0.305 e. The van der Waals surface area contributed by atoms with E-state index < -0.39 is 12.1 Å². The number of carbonyl (C=O) groups excluding carboxylic acids is 2. The predicted octanol–water partition coefficient (Wildman–Crippen LogP) is 19.9. The van der Waals surface area contributed by atoms with Gasteiger partial charge in [0.1, 0.15) is 0 Å². The number of ether oxygens (including phenoxy) is 1. The van der Waals surface area contributed by atoms with E-state index in [0.717, 1.165) is 83.5 Å². The maximum absolute atomic E-state index is 12.5. The zero-order chi connectivity index (χ0) is 52.2. The van der Waals surface area contributed by atoms with Crippen LogP contribution in [0.15, 0.2) is 60.8 Å². The third kappa shape index (κ3) is 56.8. The van der Waals surface area contributed by atoms with Crippen LogP contribution < -0.4 is 5.32 Å². The van der Waals surface area contributed by atoms with E-state index in [1.165, 1.54) is 212 Å². The third-order valence-electron chi connectivity index (χ3n) is 14.3. The van der Waals surface area contributed by atoms with Gasteiger partial charge in [-0.2, -0.15) is 0 Å². The van der Waals surface area contributed by atoms with Crippen molar-refractivity contribution in [2.24, 2.45) is 0 Å². The molecule has 0 fully saturated rings. The van der Waals surface area contributed by atoms with E-state index in [4.69, 9.17) is 4.74 Å². The Kier molecular flexibility index (Phi) is 59.0. The second-order valence-corrected chi connectivity index (χ2v) is 21.4. The number of amides is 1. The molecule has 6 heteroatoms. The lowest BCUT2D eigenvalue weighted by Crippen LogP contribution is -2.45. The van der Waals surface area contributed by atoms with Gasteiger partial charge in [0.15, 0.2) is 0 Å². The van der Waals surface area contributed by atoms with Crippen LogP contribution in [-0.4, -0.2) is 47.4 Å². The van der Waals surface area contributed by atoms with Crippen LogP contribution in [0.4, 0.5) is 0 Å². The molecular formula is C66H121NO5. The fraction of sp³-hybridized carbons (Fsp3) is 0.818. The summed E-state index contributed by atoms with van der Waals surface area (Å²) in [6.07, 6.45) is 79.7. The topological polar surface area (TPSA) is 95.9 Å². The minimum Gasteiger partial charge on any atom is -0.466 e. The van der Waals surface area contributed by atoms with Crippen LogP contribution in [0.5, 0.6) is 0 Å². The first kappa shape index (κ1) is 69.6. The van der Waals surface area contributed by atoms with Gasteiger partial charge >= 0.3 is 5.97 Å². The highest BCUT2D eigenvalue weighted by molar-refractivity contribution is 5.76. The lowest BCUT2D eigenvalue weighted by Gasteiger charge is -2.20. The van der Waals surface area contributed by atoms with Crippen molar-refractivity contribution in [1.82, 2.24) is 5.32 Å². The Morgan fingerprint density at radius 2 is 0.736 bits per heavy atom. The minimum absolute atomic E-state index is 0.0268. The Bertz CT molecular complexity index is 1250. The van der Waals surface area contributed by atoms with Crippen molar-refractivity contribution in [2.45, 2.75) is 334 Å². The summed E-state index contributed by atoms with van der Waals surface area (Å²) in [6.45, 7) is 4.83. The Morgan fingerprint density at radius 3 is 1.17 bits per heavy atom. The molecule has 0 aromatic rings. The van der Waals surface area contributed by atoms with Crippen LogP contribution in [0.1, 0.15) is 322 Å². The molecule has 0 aliphatic rings. The molecular weight excluding hydrogens is 887 g/mol. The molecule has 2 atom stereocenters. The van der Waals surface area contributed by atoms with Crippen LogP contribution in [0, 0.1) is 0 Å². The van der Waals surface area contributed by atoms with Crippen molar-refractivity contribution in [3.8, 4) is 0 Å². The van der Waals surface area contributed by atoms with Gasteiger partial charge in [-0.25, -0.2) is 0 Å². The highest BCUT2D eigenvalue weighted by atomic mass is 16.5. The summed E-state index contributed by atoms with van der Waals surface area (Å²) in [6, 6.07) is -0.647. The molecule has 0 aliphatic carbocycles. The van der Waals surface area contributed by atoms with Gasteiger partial charge in [-0.05, 0) is 96.3 Å². The molecule has 420 valence electrons. The van der Waals surface area contributed by atoms with Crippen LogP contribution in [0.2, 0.25) is 0 Å². The summed E-state index contributed by atoms with van der Waals surface area (Å²) in [5.74, 6) is -0.116. The number of hydrogen-bond donors (Lipinski definition) is 3. The monoisotopic (exact) mass is 1010 g/mol. The van der Waals surface area contributed by atoms with Crippen LogP contribution >= 0.6 is 0 Å². The molecule has 0 aliphatic heterocycles. The summed E-state index contributed by atoms with van der Waals surface area (Å²) in [5, 5.41) is 23.2. The molecule has 0 radical (unpaired) electrons. The van der Waals surface area contributed by atoms with Crippen molar-refractivity contribution in [2.75, 3.05) is 13.2 Å². The fourth-order valence-corrected chi connectivity index (χ4v) is 9.42. The third-order valence-corrected chi connectivity index (χ3v) is 14.3. The molecule has 0 saturated heterocycles. The fourth-order valence-electron chi connectivity index (χ4n) is 9.42. The zero-order valence-electron chi connectivity index (χ0n) is 47.9. The van der Waals surface area contributed by atoms with E-state index in [2.05, 4.69) is 67.8 Å². The molecule has 0 aromatic heterocycles. The molecule has 0 saturated carbocycles. The van der Waals surface area contributed by atoms with E-state index in [0.29, 0.717) is 19.4 Å². The average molecular weight is 1010 g/mol. The van der Waals surface area contributed by atoms with E-state index in [1.54, 1.807) is 6.08 Å². The average Bonchev–Trinajstić information content (AvgIpc) is 3.38. The highest BCUT2D eigenvalue weighted by Crippen LogP contribution is 2.17. The largest absolute Gasteiger partial charge is 0.466 e. The Labute approximate surface area is 448 Å². The van der Waals surface area contributed by atoms with E-state index >= 15 is 0 Å². The van der Waals surface area contributed by atoms with E-state index in [9.17, 15) is 19.8 Å². The number of rotatable bonds is 58. The number of unbranched alkanes of at least 4 members (excludes halogenated alkanes) is 40. The second kappa shape index (κ2) is 61.1. The number of nitrogens with one attached hydrogen (secondary N) is 1. The molecule has 72 heavy (non-hydrogen) atoms. The summed E-state index contributed by atoms with van der Waals surface area (Å²) >= 11 is 0. The SMILES string of the molecule is CCCCC/C=C\C/C=C\CCCCCCCCCCCC(=O)OCCCCC/C=C\C=C/CCCCCCCCC(=O)NC(CO)C(O)/C=C/CCCCCCCCCCCCCCCCCCCCC. The maximum atomic E-state index is 12.5. The summed E-state index contributed by atoms with van der Waals surface area (Å²) in [5.41, 5.74) is 0. The van der Waals surface area contributed by atoms with Gasteiger partial charge in [-0.15, -0.1) is 0 Å². The number of allylic oxidation sites excluding steroid dienone is 9. The van der Waals surface area contributed by atoms with Crippen LogP contribution in [-0.2, 0) is 14.3 Å². The number of hydrogen-bond acceptors (Lipinski definition) is 5. The molecule has 1 amide bonds. The molecule has 3 N–H and O–H groups in total. The number of esters is 1. The second-order valence-electron chi connectivity index (χ2n) is 21.4. The summed E-state index contributed by atoms with van der Waals surface area (Å²) in [7, 11) is 0. The Balaban J connectivity index is 3.54. The standard InChI is InChI=1S/C66H121NO5/c1-3-5-7-9-11-13-15-17-19-21-23-24-26-27-30-34-38-42-46-50-54-58-64(69)63(62-68)67-65(70)59-55-51-47-43-39-35-31-29-33-37-41-45-49-53-57-61-72-66(71)60-56-52-48-44-40-36-32-28-25-22-20-18-16-14-12-10-8-6-4-2/h12,14,18,20,29,33,37,41,54,58,63-64,68-69H,3-11,13,15-17,19,21-28,30-32,34-36,38-40,42-53,55-57,59-62H2,1-2H3,(H,67,70)/b14-12-,20-18-,33-29-,41-37-,58-54+. The predicted molar refractivity (Wildman–Crippen MR) is 315 cm³/mol. The minimum atomic E-state index is -0.862. The van der Waals surface area contributed by atoms with Crippen molar-refractivity contribution >= 4 is 11.9 Å². The van der Waals surface area contributed by atoms with Crippen molar-refractivity contribution < 1.29 is 24.5 Å². The van der Waals surface area contributed by atoms with Crippen molar-refractivity contribution in [1.29, 1.82) is 0 Å². The normalized spacial score (nSPS) is 13.0. The molecule has 0 bridgehead atoms. The zero-order valence-corrected chi connectivity index (χ0v) is 47.9. The van der Waals surface area contributed by atoms with Gasteiger partial charge in [0.25, 0.3) is 0 Å². The van der Waals surface area contributed by atoms with Crippen LogP contribution in [0.25, 0.3) is 0 Å². The Morgan fingerprint density at radius 1 is 0.403 bits per heavy atom. The lowest BCUT2D eigenvalue weighted by molar-refractivity contribution is -0.143. The summed E-state index contributed by atoms with van der Waals surface area (Å²) < 4.78 is 5.46. The van der Waals surface area contributed by atoms with Crippen molar-refractivity contribution in [3.63, 3.8) is 0 Å². The van der Waals surface area contributed by atoms with Gasteiger partial charge in [0, 0.05) is 12.8 Å². The van der Waals surface area contributed by atoms with Crippen LogP contribution in [0.3, 0.4) is 0 Å². The highest BCUT2D eigenvalue weighted by Gasteiger charge is 2.18. The lowest BCUT2D eigenvalue weighted by atomic mass is 10.0. The number of aliphatic hydroxyl groups is 2. The molecule has 0 spiro atoms. The number of aliphatic hydroxyl groups excluding tert-OH is 2. The molecule has 0 rings (SSSR count). The van der Waals surface area contributed by atoms with Gasteiger partial charge in [-0.1, -0.05) is 274 Å². The van der Waals surface area contributed by atoms with Crippen molar-refractivity contribution in [3.05, 3.63) is 60.8 Å². The van der Waals surface area contributed by atoms with E-state index in [-0.39, 0.29) is 18.5 Å². The van der Waals surface area contributed by atoms with E-state index in [1.807, 2.05) is 6.08 Å². The van der Waals surface area contributed by atoms with Gasteiger partial charge in [0.05, 0.1) is 25.4 Å². The number of carbonyl (C=O) groups is 2. The smallest absolute Gasteiger partial charge is 0.305 e. The first-order chi connectivity index (χ1) is 35.5. The quantitative estimate of drug-likeness (QED) is 0.0244. The van der Waals surface area contributed by atoms with Gasteiger partial charge < -0.3 is 20.3 Å². The Hall–Kier alpha value is -2.44. The van der Waals surface area contributed by atoms with Gasteiger partial charge in [0.2, 0.25) is 5.91 Å². The summed E-state index contributed by atoms with van der Waals surface area (Å²) in [4.78, 5) is 24.6. The molecule has 6 nitrogen and oxygen atoms in total. The molecule has 2 unspecified atom stereocenters.